The fourth-order valence-corrected chi connectivity index (χ4v) is 4.13. The van der Waals surface area contributed by atoms with Crippen molar-refractivity contribution in [2.45, 2.75) is 25.6 Å². The van der Waals surface area contributed by atoms with E-state index < -0.39 is 30.2 Å². The monoisotopic (exact) mass is 486 g/mol. The number of aromatic nitrogens is 3. The van der Waals surface area contributed by atoms with Gasteiger partial charge in [0.1, 0.15) is 12.4 Å². The molecule has 35 heavy (non-hydrogen) atoms. The van der Waals surface area contributed by atoms with Gasteiger partial charge in [-0.05, 0) is 49.7 Å². The van der Waals surface area contributed by atoms with Crippen LogP contribution in [-0.4, -0.2) is 47.4 Å². The number of alkyl halides is 3. The highest BCUT2D eigenvalue weighted by atomic mass is 19.4. The quantitative estimate of drug-likeness (QED) is 0.369. The smallest absolute Gasteiger partial charge is 0.429 e. The zero-order chi connectivity index (χ0) is 25.4. The van der Waals surface area contributed by atoms with E-state index in [1.165, 1.54) is 50.6 Å². The van der Waals surface area contributed by atoms with Crippen molar-refractivity contribution in [3.63, 3.8) is 0 Å². The molecule has 1 unspecified atom stereocenters. The Hall–Kier alpha value is -4.04. The summed E-state index contributed by atoms with van der Waals surface area (Å²) in [6, 6.07) is 9.14. The van der Waals surface area contributed by atoms with Crippen LogP contribution in [0.15, 0.2) is 36.5 Å². The molecule has 0 aliphatic carbocycles. The molecule has 0 saturated carbocycles. The van der Waals surface area contributed by atoms with Gasteiger partial charge in [-0.2, -0.15) is 18.4 Å². The Morgan fingerprint density at radius 3 is 2.66 bits per heavy atom. The number of nitrogens with one attached hydrogen (secondary N) is 2. The minimum Gasteiger partial charge on any atom is -0.496 e. The number of ether oxygens (including phenoxy) is 3. The van der Waals surface area contributed by atoms with Gasteiger partial charge in [-0.3, -0.25) is 0 Å². The molecule has 182 valence electrons. The molecular weight excluding hydrogens is 465 g/mol. The van der Waals surface area contributed by atoms with Gasteiger partial charge in [0, 0.05) is 17.1 Å². The van der Waals surface area contributed by atoms with E-state index in [1.807, 2.05) is 6.07 Å². The normalized spacial score (nSPS) is 13.5. The second-order valence-corrected chi connectivity index (χ2v) is 7.74. The Morgan fingerprint density at radius 1 is 1.23 bits per heavy atom. The molecule has 0 spiro atoms. The zero-order valence-corrected chi connectivity index (χ0v) is 19.0. The Kier molecular flexibility index (Phi) is 6.17. The largest absolute Gasteiger partial charge is 0.496 e. The summed E-state index contributed by atoms with van der Waals surface area (Å²) in [7, 11) is 1.25. The van der Waals surface area contributed by atoms with Gasteiger partial charge in [0.2, 0.25) is 0 Å². The number of halogens is 3. The number of hydrogen-bond donors (Lipinski definition) is 2. The van der Waals surface area contributed by atoms with Crippen LogP contribution < -0.4 is 4.74 Å². The number of H-pyrrole nitrogens is 2. The van der Waals surface area contributed by atoms with Crippen molar-refractivity contribution in [2.75, 3.05) is 20.3 Å². The number of esters is 1. The molecule has 0 aliphatic rings. The fraction of sp³-hybridized carbons (Fsp3) is 0.292. The minimum atomic E-state index is -5.11. The summed E-state index contributed by atoms with van der Waals surface area (Å²) in [6.07, 6.45) is -3.61. The maximum atomic E-state index is 15.3. The number of nitrogens with zero attached hydrogens (tertiary/aromatic N) is 2. The molecule has 0 bridgehead atoms. The second-order valence-electron chi connectivity index (χ2n) is 7.74. The second kappa shape index (κ2) is 8.96. The van der Waals surface area contributed by atoms with Crippen molar-refractivity contribution in [1.29, 1.82) is 5.26 Å². The van der Waals surface area contributed by atoms with E-state index in [-0.39, 0.29) is 39.9 Å². The number of aryl methyl sites for hydroxylation is 1. The van der Waals surface area contributed by atoms with Crippen LogP contribution >= 0.6 is 0 Å². The third-order valence-corrected chi connectivity index (χ3v) is 5.63. The molecule has 2 aromatic heterocycles. The summed E-state index contributed by atoms with van der Waals surface area (Å²) in [6.45, 7) is 2.23. The number of fused-ring (bicyclic) bond motifs is 2. The lowest BCUT2D eigenvalue weighted by Gasteiger charge is -2.35. The van der Waals surface area contributed by atoms with Crippen LogP contribution in [0.1, 0.15) is 29.4 Å². The Morgan fingerprint density at radius 2 is 2.00 bits per heavy atom. The molecule has 2 heterocycles. The van der Waals surface area contributed by atoms with Crippen molar-refractivity contribution < 1.29 is 32.2 Å². The number of imidazole rings is 1. The molecule has 2 N–H and O–H groups in total. The molecule has 0 aliphatic heterocycles. The first-order valence-corrected chi connectivity index (χ1v) is 10.6. The number of benzene rings is 2. The highest BCUT2D eigenvalue weighted by molar-refractivity contribution is 5.90. The summed E-state index contributed by atoms with van der Waals surface area (Å²) in [5.41, 5.74) is -1.93. The fourth-order valence-electron chi connectivity index (χ4n) is 4.13. The Bertz CT molecular complexity index is 1450. The molecule has 0 amide bonds. The number of aromatic amines is 2. The van der Waals surface area contributed by atoms with Gasteiger partial charge in [-0.15, -0.1) is 0 Å². The summed E-state index contributed by atoms with van der Waals surface area (Å²) >= 11 is 0. The molecule has 0 radical (unpaired) electrons. The van der Waals surface area contributed by atoms with Crippen LogP contribution in [0.3, 0.4) is 0 Å². The number of methoxy groups -OCH3 is 1. The first-order chi connectivity index (χ1) is 16.7. The molecular formula is C24H21F3N4O4. The zero-order valence-electron chi connectivity index (χ0n) is 19.0. The first-order valence-electron chi connectivity index (χ1n) is 10.6. The van der Waals surface area contributed by atoms with Crippen molar-refractivity contribution in [1.82, 2.24) is 15.0 Å². The van der Waals surface area contributed by atoms with Crippen LogP contribution in [0.4, 0.5) is 13.2 Å². The van der Waals surface area contributed by atoms with Gasteiger partial charge in [-0.1, -0.05) is 0 Å². The molecule has 2 aromatic carbocycles. The van der Waals surface area contributed by atoms with Crippen LogP contribution in [-0.2, 0) is 19.9 Å². The maximum Gasteiger partial charge on any atom is 0.429 e. The van der Waals surface area contributed by atoms with Gasteiger partial charge in [-0.25, -0.2) is 9.78 Å². The SMILES string of the molecule is CCOC(=O)COC(c1nc2cc(C#N)ccc2[nH]1)(c1c(OC)cc(C)c2[nH]ccc12)C(F)(F)F. The summed E-state index contributed by atoms with van der Waals surface area (Å²) in [4.78, 5) is 22.0. The summed E-state index contributed by atoms with van der Waals surface area (Å²) in [5, 5.41) is 9.37. The lowest BCUT2D eigenvalue weighted by atomic mass is 9.87. The van der Waals surface area contributed by atoms with Crippen molar-refractivity contribution in [3.05, 3.63) is 59.0 Å². The third kappa shape index (κ3) is 3.95. The predicted octanol–water partition coefficient (Wildman–Crippen LogP) is 4.62. The summed E-state index contributed by atoms with van der Waals surface area (Å²) < 4.78 is 61.5. The van der Waals surface area contributed by atoms with E-state index in [0.717, 1.165) is 0 Å². The molecule has 11 heteroatoms. The van der Waals surface area contributed by atoms with Gasteiger partial charge < -0.3 is 24.2 Å². The minimum absolute atomic E-state index is 0.0291. The number of hydrogen-bond acceptors (Lipinski definition) is 6. The molecule has 1 atom stereocenters. The first kappa shape index (κ1) is 24.1. The average Bonchev–Trinajstić information content (AvgIpc) is 3.46. The van der Waals surface area contributed by atoms with Gasteiger partial charge in [0.15, 0.2) is 5.82 Å². The van der Waals surface area contributed by atoms with E-state index in [0.29, 0.717) is 11.1 Å². The topological polar surface area (TPSA) is 113 Å². The maximum absolute atomic E-state index is 15.3. The van der Waals surface area contributed by atoms with Gasteiger partial charge in [0.25, 0.3) is 5.60 Å². The lowest BCUT2D eigenvalue weighted by molar-refractivity contribution is -0.269. The average molecular weight is 486 g/mol. The molecule has 0 saturated heterocycles. The van der Waals surface area contributed by atoms with E-state index in [4.69, 9.17) is 14.2 Å². The lowest BCUT2D eigenvalue weighted by Crippen LogP contribution is -2.48. The number of rotatable bonds is 7. The van der Waals surface area contributed by atoms with E-state index in [1.54, 1.807) is 6.92 Å². The molecule has 4 rings (SSSR count). The van der Waals surface area contributed by atoms with Crippen molar-refractivity contribution >= 4 is 27.9 Å². The van der Waals surface area contributed by atoms with Crippen molar-refractivity contribution in [2.24, 2.45) is 0 Å². The highest BCUT2D eigenvalue weighted by Gasteiger charge is 2.63. The standard InChI is InChI=1S/C24H21F3N4O4/c1-4-34-19(32)12-35-23(24(25,26)27,22-30-16-6-5-14(11-28)10-17(16)31-22)20-15-7-8-29-21(15)13(2)9-18(20)33-3/h5-10,29H,4,12H2,1-3H3,(H,30,31). The molecule has 8 nitrogen and oxygen atoms in total. The van der Waals surface area contributed by atoms with Crippen LogP contribution in [0.2, 0.25) is 0 Å². The van der Waals surface area contributed by atoms with Gasteiger partial charge in [0.05, 0.1) is 41.9 Å². The predicted molar refractivity (Wildman–Crippen MR) is 120 cm³/mol. The Labute approximate surface area is 197 Å². The number of nitriles is 1. The molecule has 4 aromatic rings. The van der Waals surface area contributed by atoms with Gasteiger partial charge >= 0.3 is 12.1 Å². The third-order valence-electron chi connectivity index (χ3n) is 5.63. The van der Waals surface area contributed by atoms with E-state index in [2.05, 4.69) is 15.0 Å². The van der Waals surface area contributed by atoms with Crippen molar-refractivity contribution in [3.8, 4) is 11.8 Å². The molecule has 0 fully saturated rings. The Balaban J connectivity index is 2.09. The van der Waals surface area contributed by atoms with Crippen LogP contribution in [0.25, 0.3) is 21.9 Å². The number of carbonyl (C=O) groups excluding carboxylic acids is 1. The van der Waals surface area contributed by atoms with Crippen LogP contribution in [0.5, 0.6) is 5.75 Å². The number of carbonyl (C=O) groups is 1. The van der Waals surface area contributed by atoms with Crippen LogP contribution in [0, 0.1) is 18.3 Å². The highest BCUT2D eigenvalue weighted by Crippen LogP contribution is 2.52. The van der Waals surface area contributed by atoms with E-state index in [9.17, 15) is 10.1 Å². The van der Waals surface area contributed by atoms with E-state index >= 15 is 13.2 Å². The summed E-state index contributed by atoms with van der Waals surface area (Å²) in [5.74, 6) is -1.70.